The highest BCUT2D eigenvalue weighted by atomic mass is 32.1. The monoisotopic (exact) mass is 276 g/mol. The largest absolute Gasteiger partial charge is 0.392 e. The third-order valence-corrected chi connectivity index (χ3v) is 2.74. The molecule has 0 atom stereocenters. The number of rotatable bonds is 3. The Morgan fingerprint density at radius 3 is 2.42 bits per heavy atom. The van der Waals surface area contributed by atoms with Crippen LogP contribution in [0.1, 0.15) is 5.56 Å². The Balaban J connectivity index is 2.03. The first-order valence-corrected chi connectivity index (χ1v) is 6.12. The molecule has 0 heterocycles. The number of hydrogen-bond acceptors (Lipinski definition) is 2. The second-order valence-corrected chi connectivity index (χ2v) is 4.31. The zero-order valence-corrected chi connectivity index (χ0v) is 10.9. The fourth-order valence-corrected chi connectivity index (χ4v) is 1.83. The summed E-state index contributed by atoms with van der Waals surface area (Å²) in [5.74, 6) is -0.296. The van der Waals surface area contributed by atoms with Crippen LogP contribution in [-0.2, 0) is 6.61 Å². The SMILES string of the molecule is OCc1ccccc1NC(=S)Nc1ccc(F)cc1. The fourth-order valence-electron chi connectivity index (χ4n) is 1.60. The molecule has 98 valence electrons. The molecule has 0 spiro atoms. The fraction of sp³-hybridized carbons (Fsp3) is 0.0714. The van der Waals surface area contributed by atoms with E-state index in [0.29, 0.717) is 10.8 Å². The maximum Gasteiger partial charge on any atom is 0.175 e. The maximum absolute atomic E-state index is 12.8. The molecule has 0 unspecified atom stereocenters. The Labute approximate surface area is 116 Å². The molecule has 0 saturated heterocycles. The number of aliphatic hydroxyl groups excluding tert-OH is 1. The van der Waals surface area contributed by atoms with Gasteiger partial charge < -0.3 is 15.7 Å². The molecule has 2 aromatic carbocycles. The van der Waals surface area contributed by atoms with Gasteiger partial charge in [0.05, 0.1) is 6.61 Å². The molecule has 19 heavy (non-hydrogen) atoms. The van der Waals surface area contributed by atoms with Crippen molar-refractivity contribution < 1.29 is 9.50 Å². The molecule has 0 fully saturated rings. The number of thiocarbonyl (C=S) groups is 1. The van der Waals surface area contributed by atoms with Gasteiger partial charge in [-0.05, 0) is 42.5 Å². The van der Waals surface area contributed by atoms with E-state index in [9.17, 15) is 9.50 Å². The Hall–Kier alpha value is -1.98. The average molecular weight is 276 g/mol. The van der Waals surface area contributed by atoms with Crippen molar-refractivity contribution in [3.8, 4) is 0 Å². The summed E-state index contributed by atoms with van der Waals surface area (Å²) < 4.78 is 12.8. The van der Waals surface area contributed by atoms with Crippen LogP contribution in [-0.4, -0.2) is 10.2 Å². The molecule has 0 aliphatic carbocycles. The van der Waals surface area contributed by atoms with Gasteiger partial charge in [-0.3, -0.25) is 0 Å². The Morgan fingerprint density at radius 2 is 1.74 bits per heavy atom. The van der Waals surface area contributed by atoms with Crippen molar-refractivity contribution in [3.05, 3.63) is 59.9 Å². The third kappa shape index (κ3) is 3.74. The summed E-state index contributed by atoms with van der Waals surface area (Å²) in [7, 11) is 0. The first kappa shape index (κ1) is 13.5. The zero-order chi connectivity index (χ0) is 13.7. The Bertz CT molecular complexity index is 572. The van der Waals surface area contributed by atoms with Gasteiger partial charge in [-0.1, -0.05) is 18.2 Å². The van der Waals surface area contributed by atoms with Gasteiger partial charge in [0.1, 0.15) is 5.82 Å². The van der Waals surface area contributed by atoms with Crippen LogP contribution in [0.4, 0.5) is 15.8 Å². The van der Waals surface area contributed by atoms with E-state index in [0.717, 1.165) is 11.3 Å². The summed E-state index contributed by atoms with van der Waals surface area (Å²) in [6, 6.07) is 13.2. The van der Waals surface area contributed by atoms with Crippen LogP contribution in [0, 0.1) is 5.82 Å². The molecule has 3 N–H and O–H groups in total. The van der Waals surface area contributed by atoms with Crippen molar-refractivity contribution in [2.24, 2.45) is 0 Å². The number of hydrogen-bond donors (Lipinski definition) is 3. The van der Waals surface area contributed by atoms with E-state index in [1.165, 1.54) is 12.1 Å². The van der Waals surface area contributed by atoms with Crippen LogP contribution in [0.15, 0.2) is 48.5 Å². The lowest BCUT2D eigenvalue weighted by Crippen LogP contribution is -2.19. The quantitative estimate of drug-likeness (QED) is 0.754. The Kier molecular flexibility index (Phi) is 4.43. The highest BCUT2D eigenvalue weighted by Gasteiger charge is 2.03. The molecule has 5 heteroatoms. The molecule has 2 aromatic rings. The van der Waals surface area contributed by atoms with E-state index in [4.69, 9.17) is 12.2 Å². The Morgan fingerprint density at radius 1 is 1.05 bits per heavy atom. The summed E-state index contributed by atoms with van der Waals surface area (Å²) in [6.07, 6.45) is 0. The van der Waals surface area contributed by atoms with Crippen molar-refractivity contribution in [1.82, 2.24) is 0 Å². The van der Waals surface area contributed by atoms with E-state index in [-0.39, 0.29) is 12.4 Å². The number of anilines is 2. The third-order valence-electron chi connectivity index (χ3n) is 2.54. The lowest BCUT2D eigenvalue weighted by molar-refractivity contribution is 0.282. The maximum atomic E-state index is 12.8. The van der Waals surface area contributed by atoms with E-state index in [1.54, 1.807) is 12.1 Å². The normalized spacial score (nSPS) is 10.0. The van der Waals surface area contributed by atoms with Crippen molar-refractivity contribution >= 4 is 28.7 Å². The van der Waals surface area contributed by atoms with E-state index in [1.807, 2.05) is 24.3 Å². The van der Waals surface area contributed by atoms with Gasteiger partial charge in [-0.25, -0.2) is 4.39 Å². The predicted molar refractivity (Wildman–Crippen MR) is 78.6 cm³/mol. The predicted octanol–water partition coefficient (Wildman–Crippen LogP) is 3.13. The molecule has 0 aliphatic rings. The second-order valence-electron chi connectivity index (χ2n) is 3.90. The first-order chi connectivity index (χ1) is 9.19. The van der Waals surface area contributed by atoms with E-state index < -0.39 is 0 Å². The number of nitrogens with one attached hydrogen (secondary N) is 2. The number of aliphatic hydroxyl groups is 1. The van der Waals surface area contributed by atoms with E-state index >= 15 is 0 Å². The van der Waals surface area contributed by atoms with Gasteiger partial charge in [0, 0.05) is 16.9 Å². The molecule has 0 bridgehead atoms. The standard InChI is InChI=1S/C14H13FN2OS/c15-11-5-7-12(8-6-11)16-14(19)17-13-4-2-1-3-10(13)9-18/h1-8,18H,9H2,(H2,16,17,19). The topological polar surface area (TPSA) is 44.3 Å². The molecular formula is C14H13FN2OS. The van der Waals surface area contributed by atoms with Crippen LogP contribution < -0.4 is 10.6 Å². The van der Waals surface area contributed by atoms with Crippen LogP contribution in [0.5, 0.6) is 0 Å². The van der Waals surface area contributed by atoms with Crippen molar-refractivity contribution in [2.75, 3.05) is 10.6 Å². The summed E-state index contributed by atoms with van der Waals surface area (Å²) in [5, 5.41) is 15.5. The second kappa shape index (κ2) is 6.26. The van der Waals surface area contributed by atoms with Crippen molar-refractivity contribution in [1.29, 1.82) is 0 Å². The average Bonchev–Trinajstić information content (AvgIpc) is 2.42. The highest BCUT2D eigenvalue weighted by molar-refractivity contribution is 7.80. The van der Waals surface area contributed by atoms with E-state index in [2.05, 4.69) is 10.6 Å². The minimum absolute atomic E-state index is 0.0671. The van der Waals surface area contributed by atoms with Crippen molar-refractivity contribution in [2.45, 2.75) is 6.61 Å². The molecule has 3 nitrogen and oxygen atoms in total. The molecule has 2 rings (SSSR count). The first-order valence-electron chi connectivity index (χ1n) is 5.71. The molecule has 0 amide bonds. The van der Waals surface area contributed by atoms with Crippen LogP contribution in [0.25, 0.3) is 0 Å². The van der Waals surface area contributed by atoms with Gasteiger partial charge in [0.25, 0.3) is 0 Å². The van der Waals surface area contributed by atoms with Gasteiger partial charge >= 0.3 is 0 Å². The smallest absolute Gasteiger partial charge is 0.175 e. The molecule has 0 saturated carbocycles. The summed E-state index contributed by atoms with van der Waals surface area (Å²) in [4.78, 5) is 0. The number of para-hydroxylation sites is 1. The van der Waals surface area contributed by atoms with Gasteiger partial charge in [-0.2, -0.15) is 0 Å². The summed E-state index contributed by atoms with van der Waals surface area (Å²) in [6.45, 7) is -0.0671. The van der Waals surface area contributed by atoms with Crippen LogP contribution in [0.3, 0.4) is 0 Å². The van der Waals surface area contributed by atoms with Crippen molar-refractivity contribution in [3.63, 3.8) is 0 Å². The number of benzene rings is 2. The van der Waals surface area contributed by atoms with Gasteiger partial charge in [0.15, 0.2) is 5.11 Å². The van der Waals surface area contributed by atoms with Gasteiger partial charge in [0.2, 0.25) is 0 Å². The lowest BCUT2D eigenvalue weighted by atomic mass is 10.2. The summed E-state index contributed by atoms with van der Waals surface area (Å²) >= 11 is 5.16. The lowest BCUT2D eigenvalue weighted by Gasteiger charge is -2.13. The number of halogens is 1. The van der Waals surface area contributed by atoms with Gasteiger partial charge in [-0.15, -0.1) is 0 Å². The minimum Gasteiger partial charge on any atom is -0.392 e. The molecular weight excluding hydrogens is 263 g/mol. The zero-order valence-electron chi connectivity index (χ0n) is 10.1. The van der Waals surface area contributed by atoms with Crippen LogP contribution >= 0.6 is 12.2 Å². The molecule has 0 aromatic heterocycles. The minimum atomic E-state index is -0.296. The molecule has 0 radical (unpaired) electrons. The van der Waals surface area contributed by atoms with Crippen LogP contribution in [0.2, 0.25) is 0 Å². The summed E-state index contributed by atoms with van der Waals surface area (Å²) in [5.41, 5.74) is 2.19. The molecule has 0 aliphatic heterocycles. The highest BCUT2D eigenvalue weighted by Crippen LogP contribution is 2.15.